The van der Waals surface area contributed by atoms with Gasteiger partial charge in [0.25, 0.3) is 0 Å². The van der Waals surface area contributed by atoms with Crippen molar-refractivity contribution in [1.82, 2.24) is 9.88 Å². The highest BCUT2D eigenvalue weighted by Gasteiger charge is 2.31. The molecule has 2 aromatic rings. The van der Waals surface area contributed by atoms with Crippen molar-refractivity contribution in [2.45, 2.75) is 32.1 Å². The molecule has 2 heterocycles. The number of halogens is 1. The van der Waals surface area contributed by atoms with Gasteiger partial charge in [0.15, 0.2) is 0 Å². The first-order valence-electron chi connectivity index (χ1n) is 9.09. The molecule has 1 aliphatic heterocycles. The molecular weight excluding hydrogens is 366 g/mol. The maximum absolute atomic E-state index is 10.5. The smallest absolute Gasteiger partial charge is 0.135 e. The first kappa shape index (κ1) is 17.6. The van der Waals surface area contributed by atoms with Crippen LogP contribution in [-0.4, -0.2) is 33.9 Å². The SMILES string of the molecule is N=C1C(c2nc(-c3cccc(Cl)c3)cs2)=C(O)CN1CC1CCCCC1. The summed E-state index contributed by atoms with van der Waals surface area (Å²) in [5, 5.41) is 22.4. The molecule has 0 bridgehead atoms. The summed E-state index contributed by atoms with van der Waals surface area (Å²) in [4.78, 5) is 6.66. The van der Waals surface area contributed by atoms with Crippen molar-refractivity contribution in [3.63, 3.8) is 0 Å². The van der Waals surface area contributed by atoms with Crippen LogP contribution in [0.5, 0.6) is 0 Å². The molecule has 26 heavy (non-hydrogen) atoms. The Kier molecular flexibility index (Phi) is 5.00. The summed E-state index contributed by atoms with van der Waals surface area (Å²) in [5.41, 5.74) is 2.36. The molecule has 1 aromatic carbocycles. The summed E-state index contributed by atoms with van der Waals surface area (Å²) in [6.07, 6.45) is 6.36. The van der Waals surface area contributed by atoms with Crippen LogP contribution in [0.1, 0.15) is 37.1 Å². The fraction of sp³-hybridized carbons (Fsp3) is 0.400. The Balaban J connectivity index is 1.52. The second-order valence-corrected chi connectivity index (χ2v) is 8.40. The number of hydrogen-bond donors (Lipinski definition) is 2. The van der Waals surface area contributed by atoms with E-state index in [1.165, 1.54) is 43.4 Å². The van der Waals surface area contributed by atoms with Gasteiger partial charge < -0.3 is 10.0 Å². The average Bonchev–Trinajstić information content (AvgIpc) is 3.21. The minimum atomic E-state index is 0.262. The monoisotopic (exact) mass is 387 g/mol. The largest absolute Gasteiger partial charge is 0.510 e. The minimum absolute atomic E-state index is 0.262. The van der Waals surface area contributed by atoms with Crippen molar-refractivity contribution < 1.29 is 5.11 Å². The van der Waals surface area contributed by atoms with Crippen molar-refractivity contribution in [1.29, 1.82) is 5.41 Å². The summed E-state index contributed by atoms with van der Waals surface area (Å²) >= 11 is 7.54. The topological polar surface area (TPSA) is 60.2 Å². The second-order valence-electron chi connectivity index (χ2n) is 7.10. The molecule has 0 spiro atoms. The number of nitrogens with one attached hydrogen (secondary N) is 1. The number of aliphatic hydroxyl groups is 1. The third kappa shape index (κ3) is 3.51. The summed E-state index contributed by atoms with van der Waals surface area (Å²) in [5.74, 6) is 1.30. The number of thiazole rings is 1. The highest BCUT2D eigenvalue weighted by Crippen LogP contribution is 2.34. The molecule has 6 heteroatoms. The van der Waals surface area contributed by atoms with Gasteiger partial charge in [0.1, 0.15) is 16.6 Å². The maximum Gasteiger partial charge on any atom is 0.135 e. The third-order valence-electron chi connectivity index (χ3n) is 5.22. The van der Waals surface area contributed by atoms with Gasteiger partial charge >= 0.3 is 0 Å². The molecule has 1 fully saturated rings. The quantitative estimate of drug-likeness (QED) is 0.717. The van der Waals surface area contributed by atoms with Crippen LogP contribution < -0.4 is 0 Å². The molecule has 4 nitrogen and oxygen atoms in total. The van der Waals surface area contributed by atoms with E-state index in [2.05, 4.69) is 4.98 Å². The van der Waals surface area contributed by atoms with E-state index in [0.717, 1.165) is 17.8 Å². The van der Waals surface area contributed by atoms with E-state index in [1.807, 2.05) is 34.5 Å². The summed E-state index contributed by atoms with van der Waals surface area (Å²) in [6.45, 7) is 1.29. The molecule has 4 rings (SSSR count). The van der Waals surface area contributed by atoms with Crippen LogP contribution in [0, 0.1) is 11.3 Å². The second kappa shape index (κ2) is 7.41. The summed E-state index contributed by atoms with van der Waals surface area (Å²) in [7, 11) is 0. The van der Waals surface area contributed by atoms with E-state index >= 15 is 0 Å². The maximum atomic E-state index is 10.5. The number of benzene rings is 1. The number of aliphatic hydroxyl groups excluding tert-OH is 1. The Morgan fingerprint density at radius 3 is 2.85 bits per heavy atom. The van der Waals surface area contributed by atoms with E-state index in [0.29, 0.717) is 33.9 Å². The number of aromatic nitrogens is 1. The van der Waals surface area contributed by atoms with Crippen molar-refractivity contribution >= 4 is 34.3 Å². The van der Waals surface area contributed by atoms with Crippen LogP contribution in [0.3, 0.4) is 0 Å². The minimum Gasteiger partial charge on any atom is -0.510 e. The lowest BCUT2D eigenvalue weighted by molar-refractivity contribution is 0.268. The zero-order valence-electron chi connectivity index (χ0n) is 14.5. The van der Waals surface area contributed by atoms with Gasteiger partial charge in [-0.25, -0.2) is 4.98 Å². The standard InChI is InChI=1S/C20H22ClN3OS/c21-15-8-4-7-14(9-15)16-12-26-20(23-16)18-17(25)11-24(19(18)22)10-13-5-2-1-3-6-13/h4,7-9,12-13,22,25H,1-3,5-6,10-11H2. The van der Waals surface area contributed by atoms with Crippen LogP contribution in [-0.2, 0) is 0 Å². The fourth-order valence-corrected chi connectivity index (χ4v) is 4.95. The first-order chi connectivity index (χ1) is 12.6. The van der Waals surface area contributed by atoms with Crippen LogP contribution >= 0.6 is 22.9 Å². The van der Waals surface area contributed by atoms with E-state index in [1.54, 1.807) is 0 Å². The lowest BCUT2D eigenvalue weighted by Gasteiger charge is -2.28. The molecular formula is C20H22ClN3OS. The number of rotatable bonds is 4. The van der Waals surface area contributed by atoms with Crippen molar-refractivity contribution in [3.05, 3.63) is 45.4 Å². The molecule has 0 atom stereocenters. The highest BCUT2D eigenvalue weighted by molar-refractivity contribution is 7.11. The molecule has 136 valence electrons. The number of hydrogen-bond acceptors (Lipinski definition) is 4. The molecule has 0 unspecified atom stereocenters. The number of amidine groups is 1. The van der Waals surface area contributed by atoms with Crippen LogP contribution in [0.2, 0.25) is 5.02 Å². The van der Waals surface area contributed by atoms with Crippen molar-refractivity contribution in [2.24, 2.45) is 5.92 Å². The molecule has 1 saturated carbocycles. The first-order valence-corrected chi connectivity index (χ1v) is 10.4. The van der Waals surface area contributed by atoms with Gasteiger partial charge in [-0.05, 0) is 30.9 Å². The molecule has 1 aliphatic carbocycles. The molecule has 1 aromatic heterocycles. The Hall–Kier alpha value is -1.85. The predicted octanol–water partition coefficient (Wildman–Crippen LogP) is 5.61. The Bertz CT molecular complexity index is 854. The van der Waals surface area contributed by atoms with Crippen LogP contribution in [0.15, 0.2) is 35.4 Å². The van der Waals surface area contributed by atoms with Crippen LogP contribution in [0.25, 0.3) is 16.8 Å². The lowest BCUT2D eigenvalue weighted by atomic mass is 9.89. The highest BCUT2D eigenvalue weighted by atomic mass is 35.5. The zero-order valence-corrected chi connectivity index (χ0v) is 16.1. The van der Waals surface area contributed by atoms with E-state index < -0.39 is 0 Å². The fourth-order valence-electron chi connectivity index (χ4n) is 3.86. The van der Waals surface area contributed by atoms with E-state index in [9.17, 15) is 5.11 Å². The summed E-state index contributed by atoms with van der Waals surface area (Å²) in [6, 6.07) is 7.58. The normalized spacial score (nSPS) is 18.8. The van der Waals surface area contributed by atoms with Crippen molar-refractivity contribution in [3.8, 4) is 11.3 Å². The van der Waals surface area contributed by atoms with Gasteiger partial charge in [0.2, 0.25) is 0 Å². The molecule has 2 aliphatic rings. The zero-order chi connectivity index (χ0) is 18.1. The lowest BCUT2D eigenvalue weighted by Crippen LogP contribution is -2.32. The Morgan fingerprint density at radius 1 is 1.27 bits per heavy atom. The Morgan fingerprint density at radius 2 is 2.08 bits per heavy atom. The van der Waals surface area contributed by atoms with Crippen molar-refractivity contribution in [2.75, 3.05) is 13.1 Å². The van der Waals surface area contributed by atoms with Gasteiger partial charge in [0.05, 0.1) is 17.8 Å². The van der Waals surface area contributed by atoms with Gasteiger partial charge in [-0.15, -0.1) is 11.3 Å². The molecule has 0 saturated heterocycles. The van der Waals surface area contributed by atoms with Gasteiger partial charge in [-0.3, -0.25) is 5.41 Å². The number of nitrogens with zero attached hydrogens (tertiary/aromatic N) is 2. The van der Waals surface area contributed by atoms with Gasteiger partial charge in [-0.1, -0.05) is 43.0 Å². The van der Waals surface area contributed by atoms with Crippen LogP contribution in [0.4, 0.5) is 0 Å². The third-order valence-corrected chi connectivity index (χ3v) is 6.32. The predicted molar refractivity (Wildman–Crippen MR) is 108 cm³/mol. The molecule has 0 radical (unpaired) electrons. The molecule has 0 amide bonds. The van der Waals surface area contributed by atoms with Gasteiger partial charge in [-0.2, -0.15) is 0 Å². The Labute approximate surface area is 162 Å². The van der Waals surface area contributed by atoms with E-state index in [4.69, 9.17) is 17.0 Å². The van der Waals surface area contributed by atoms with Gasteiger partial charge in [0, 0.05) is 22.5 Å². The summed E-state index contributed by atoms with van der Waals surface area (Å²) < 4.78 is 0. The van der Waals surface area contributed by atoms with E-state index in [-0.39, 0.29) is 5.76 Å². The average molecular weight is 388 g/mol. The molecule has 2 N–H and O–H groups in total.